The number of rotatable bonds is 4. The molecule has 0 N–H and O–H groups in total. The predicted octanol–water partition coefficient (Wildman–Crippen LogP) is 0.991. The highest BCUT2D eigenvalue weighted by Gasteiger charge is 2.30. The molecule has 0 aliphatic carbocycles. The first kappa shape index (κ1) is 16.2. The van der Waals surface area contributed by atoms with E-state index in [2.05, 4.69) is 0 Å². The molecule has 0 aliphatic rings. The summed E-state index contributed by atoms with van der Waals surface area (Å²) in [7, 11) is -3.86. The average molecular weight is 286 g/mol. The smallest absolute Gasteiger partial charge is 0.424 e. The summed E-state index contributed by atoms with van der Waals surface area (Å²) in [5, 5.41) is 0. The van der Waals surface area contributed by atoms with Gasteiger partial charge in [0.2, 0.25) is 10.0 Å². The van der Waals surface area contributed by atoms with Gasteiger partial charge in [-0.25, -0.2) is 13.2 Å². The number of ketones is 1. The first-order valence-electron chi connectivity index (χ1n) is 4.75. The van der Waals surface area contributed by atoms with Crippen molar-refractivity contribution in [1.82, 2.24) is 4.31 Å². The number of sulfonamides is 1. The molecule has 0 fully saturated rings. The minimum absolute atomic E-state index is 0.364. The third kappa shape index (κ3) is 6.48. The summed E-state index contributed by atoms with van der Waals surface area (Å²) >= 11 is 5.26. The Morgan fingerprint density at radius 2 is 1.76 bits per heavy atom. The molecule has 0 aliphatic heterocycles. The molecular formula is C9H16ClNO5S. The van der Waals surface area contributed by atoms with E-state index in [1.807, 2.05) is 0 Å². The Hall–Kier alpha value is -0.820. The fourth-order valence-corrected chi connectivity index (χ4v) is 1.60. The standard InChI is InChI=1S/C9H16ClNO5S/c1-9(2,3)16-8(13)11(17(4,14)15)6-7(12)5-10/h5-6H2,1-4H3. The molecule has 0 aromatic carbocycles. The van der Waals surface area contributed by atoms with Crippen LogP contribution in [0.3, 0.4) is 0 Å². The van der Waals surface area contributed by atoms with Gasteiger partial charge in [0.25, 0.3) is 0 Å². The molecular weight excluding hydrogens is 270 g/mol. The molecule has 0 rings (SSSR count). The number of halogens is 1. The normalized spacial score (nSPS) is 12.1. The van der Waals surface area contributed by atoms with Crippen LogP contribution in [0.1, 0.15) is 20.8 Å². The number of nitrogens with zero attached hydrogens (tertiary/aromatic N) is 1. The fraction of sp³-hybridized carbons (Fsp3) is 0.778. The summed E-state index contributed by atoms with van der Waals surface area (Å²) in [6.45, 7) is 4.16. The molecule has 0 atom stereocenters. The number of carbonyl (C=O) groups is 2. The van der Waals surface area contributed by atoms with Crippen LogP contribution in [0.15, 0.2) is 0 Å². The van der Waals surface area contributed by atoms with Crippen LogP contribution in [0.4, 0.5) is 4.79 Å². The number of ether oxygens (including phenoxy) is 1. The van der Waals surface area contributed by atoms with Gasteiger partial charge in [-0.2, -0.15) is 4.31 Å². The largest absolute Gasteiger partial charge is 0.443 e. The minimum atomic E-state index is -3.86. The van der Waals surface area contributed by atoms with Gasteiger partial charge in [0.15, 0.2) is 5.78 Å². The van der Waals surface area contributed by atoms with Crippen molar-refractivity contribution in [1.29, 1.82) is 0 Å². The van der Waals surface area contributed by atoms with Crippen molar-refractivity contribution in [3.8, 4) is 0 Å². The summed E-state index contributed by atoms with van der Waals surface area (Å²) in [6, 6.07) is 0. The number of hydrogen-bond acceptors (Lipinski definition) is 5. The molecule has 0 saturated carbocycles. The van der Waals surface area contributed by atoms with Crippen molar-refractivity contribution >= 4 is 33.5 Å². The summed E-state index contributed by atoms with van der Waals surface area (Å²) in [4.78, 5) is 22.7. The Kier molecular flexibility index (Phi) is 5.41. The number of carbonyl (C=O) groups excluding carboxylic acids is 2. The van der Waals surface area contributed by atoms with E-state index in [0.717, 1.165) is 6.26 Å². The molecule has 0 unspecified atom stereocenters. The van der Waals surface area contributed by atoms with Crippen molar-refractivity contribution in [2.24, 2.45) is 0 Å². The first-order valence-corrected chi connectivity index (χ1v) is 7.14. The molecule has 0 heterocycles. The quantitative estimate of drug-likeness (QED) is 0.720. The van der Waals surface area contributed by atoms with Crippen molar-refractivity contribution in [2.75, 3.05) is 18.7 Å². The van der Waals surface area contributed by atoms with E-state index in [0.29, 0.717) is 4.31 Å². The van der Waals surface area contributed by atoms with Gasteiger partial charge in [-0.1, -0.05) is 0 Å². The van der Waals surface area contributed by atoms with Crippen molar-refractivity contribution in [3.05, 3.63) is 0 Å². The Morgan fingerprint density at radius 3 is 2.06 bits per heavy atom. The van der Waals surface area contributed by atoms with Crippen LogP contribution in [0.25, 0.3) is 0 Å². The zero-order valence-electron chi connectivity index (χ0n) is 10.2. The molecule has 6 nitrogen and oxygen atoms in total. The van der Waals surface area contributed by atoms with E-state index >= 15 is 0 Å². The van der Waals surface area contributed by atoms with Gasteiger partial charge in [0.1, 0.15) is 12.1 Å². The third-order valence-electron chi connectivity index (χ3n) is 1.47. The summed E-state index contributed by atoms with van der Waals surface area (Å²) < 4.78 is 27.9. The van der Waals surface area contributed by atoms with Crippen molar-refractivity contribution in [3.63, 3.8) is 0 Å². The van der Waals surface area contributed by atoms with Crippen LogP contribution in [0, 0.1) is 0 Å². The zero-order valence-corrected chi connectivity index (χ0v) is 11.8. The number of Topliss-reactive ketones (excluding diaryl/α,β-unsaturated/α-hetero) is 1. The van der Waals surface area contributed by atoms with Gasteiger partial charge >= 0.3 is 6.09 Å². The topological polar surface area (TPSA) is 80.8 Å². The molecule has 0 saturated heterocycles. The third-order valence-corrected chi connectivity index (χ3v) is 2.84. The number of amides is 1. The molecule has 0 spiro atoms. The maximum absolute atomic E-state index is 11.6. The lowest BCUT2D eigenvalue weighted by atomic mass is 10.2. The maximum atomic E-state index is 11.6. The Labute approximate surface area is 106 Å². The Bertz CT molecular complexity index is 398. The van der Waals surface area contributed by atoms with E-state index in [9.17, 15) is 18.0 Å². The highest BCUT2D eigenvalue weighted by Crippen LogP contribution is 2.12. The van der Waals surface area contributed by atoms with Crippen LogP contribution in [0.5, 0.6) is 0 Å². The lowest BCUT2D eigenvalue weighted by Gasteiger charge is -2.25. The van der Waals surface area contributed by atoms with E-state index in [1.165, 1.54) is 0 Å². The van der Waals surface area contributed by atoms with Crippen LogP contribution in [-0.4, -0.2) is 48.9 Å². The Balaban J connectivity index is 4.96. The van der Waals surface area contributed by atoms with E-state index in [4.69, 9.17) is 16.3 Å². The highest BCUT2D eigenvalue weighted by molar-refractivity contribution is 7.88. The van der Waals surface area contributed by atoms with E-state index < -0.39 is 34.0 Å². The number of alkyl halides is 1. The second-order valence-electron chi connectivity index (χ2n) is 4.42. The molecule has 1 amide bonds. The monoisotopic (exact) mass is 285 g/mol. The van der Waals surface area contributed by atoms with Crippen molar-refractivity contribution in [2.45, 2.75) is 26.4 Å². The molecule has 100 valence electrons. The molecule has 0 aromatic rings. The molecule has 0 bridgehead atoms. The highest BCUT2D eigenvalue weighted by atomic mass is 35.5. The first-order chi connectivity index (χ1) is 7.47. The average Bonchev–Trinajstić information content (AvgIpc) is 2.08. The lowest BCUT2D eigenvalue weighted by Crippen LogP contribution is -2.43. The van der Waals surface area contributed by atoms with E-state index in [1.54, 1.807) is 20.8 Å². The van der Waals surface area contributed by atoms with E-state index in [-0.39, 0.29) is 5.88 Å². The second kappa shape index (κ2) is 5.68. The summed E-state index contributed by atoms with van der Waals surface area (Å²) in [6.07, 6.45) is -0.267. The number of hydrogen-bond donors (Lipinski definition) is 0. The van der Waals surface area contributed by atoms with Crippen molar-refractivity contribution < 1.29 is 22.7 Å². The zero-order chi connectivity index (χ0) is 13.9. The van der Waals surface area contributed by atoms with Gasteiger partial charge < -0.3 is 4.74 Å². The fourth-order valence-electron chi connectivity index (χ4n) is 0.832. The summed E-state index contributed by atoms with van der Waals surface area (Å²) in [5.74, 6) is -0.947. The summed E-state index contributed by atoms with van der Waals surface area (Å²) in [5.41, 5.74) is -0.843. The molecule has 8 heteroatoms. The van der Waals surface area contributed by atoms with Crippen LogP contribution >= 0.6 is 11.6 Å². The van der Waals surface area contributed by atoms with Crippen LogP contribution < -0.4 is 0 Å². The maximum Gasteiger partial charge on any atom is 0.424 e. The van der Waals surface area contributed by atoms with Gasteiger partial charge in [0.05, 0.1) is 12.1 Å². The van der Waals surface area contributed by atoms with Gasteiger partial charge in [-0.3, -0.25) is 4.79 Å². The predicted molar refractivity (Wildman–Crippen MR) is 63.5 cm³/mol. The molecule has 17 heavy (non-hydrogen) atoms. The van der Waals surface area contributed by atoms with Crippen LogP contribution in [0.2, 0.25) is 0 Å². The lowest BCUT2D eigenvalue weighted by molar-refractivity contribution is -0.117. The molecule has 0 radical (unpaired) electrons. The second-order valence-corrected chi connectivity index (χ2v) is 6.60. The minimum Gasteiger partial charge on any atom is -0.443 e. The van der Waals surface area contributed by atoms with Crippen LogP contribution in [-0.2, 0) is 19.6 Å². The van der Waals surface area contributed by atoms with Gasteiger partial charge in [-0.15, -0.1) is 11.6 Å². The van der Waals surface area contributed by atoms with Gasteiger partial charge in [0, 0.05) is 0 Å². The molecule has 0 aromatic heterocycles. The SMILES string of the molecule is CC(C)(C)OC(=O)N(CC(=O)CCl)S(C)(=O)=O. The van der Waals surface area contributed by atoms with Gasteiger partial charge in [-0.05, 0) is 20.8 Å². The Morgan fingerprint density at radius 1 is 1.29 bits per heavy atom.